The topological polar surface area (TPSA) is 58.0 Å². The lowest BCUT2D eigenvalue weighted by Gasteiger charge is -2.37. The van der Waals surface area contributed by atoms with Gasteiger partial charge in [0.2, 0.25) is 0 Å². The van der Waals surface area contributed by atoms with Gasteiger partial charge in [-0.3, -0.25) is 4.90 Å². The molecule has 0 atom stereocenters. The first-order valence-corrected chi connectivity index (χ1v) is 10.8. The quantitative estimate of drug-likeness (QED) is 0.623. The Morgan fingerprint density at radius 2 is 1.87 bits per heavy atom. The minimum Gasteiger partial charge on any atom is -0.492 e. The molecule has 1 fully saturated rings. The summed E-state index contributed by atoms with van der Waals surface area (Å²) in [6.07, 6.45) is 2.04. The smallest absolute Gasteiger partial charge is 0.184 e. The van der Waals surface area contributed by atoms with Crippen LogP contribution >= 0.6 is 11.6 Å². The average Bonchev–Trinajstić information content (AvgIpc) is 2.80. The van der Waals surface area contributed by atoms with Crippen LogP contribution < -0.4 is 19.1 Å². The first-order valence-electron chi connectivity index (χ1n) is 10.4. The number of nitriles is 1. The molecule has 0 aliphatic carbocycles. The van der Waals surface area contributed by atoms with Gasteiger partial charge in [-0.25, -0.2) is 0 Å². The summed E-state index contributed by atoms with van der Waals surface area (Å²) < 4.78 is 17.3. The molecule has 2 aromatic carbocycles. The van der Waals surface area contributed by atoms with E-state index < -0.39 is 0 Å². The Morgan fingerprint density at radius 3 is 2.67 bits per heavy atom. The zero-order valence-corrected chi connectivity index (χ0v) is 17.7. The Bertz CT molecular complexity index is 907. The maximum atomic E-state index is 8.89. The van der Waals surface area contributed by atoms with Crippen LogP contribution in [0.3, 0.4) is 0 Å². The highest BCUT2D eigenvalue weighted by Crippen LogP contribution is 2.39. The molecular weight excluding hydrogens is 402 g/mol. The molecule has 0 bridgehead atoms. The van der Waals surface area contributed by atoms with Gasteiger partial charge in [0, 0.05) is 26.2 Å². The summed E-state index contributed by atoms with van der Waals surface area (Å²) in [6, 6.07) is 13.3. The molecule has 30 heavy (non-hydrogen) atoms. The van der Waals surface area contributed by atoms with Crippen LogP contribution in [0.25, 0.3) is 0 Å². The van der Waals surface area contributed by atoms with Crippen LogP contribution in [0, 0.1) is 11.3 Å². The first kappa shape index (κ1) is 20.6. The van der Waals surface area contributed by atoms with Crippen molar-refractivity contribution in [1.82, 2.24) is 4.90 Å². The van der Waals surface area contributed by atoms with Gasteiger partial charge in [-0.15, -0.1) is 0 Å². The molecule has 2 aromatic rings. The minimum absolute atomic E-state index is 0.489. The van der Waals surface area contributed by atoms with Gasteiger partial charge in [-0.05, 0) is 49.7 Å². The van der Waals surface area contributed by atoms with Gasteiger partial charge in [-0.1, -0.05) is 17.7 Å². The highest BCUT2D eigenvalue weighted by Gasteiger charge is 2.23. The molecule has 4 rings (SSSR count). The molecule has 0 spiro atoms. The van der Waals surface area contributed by atoms with Crippen LogP contribution in [0.5, 0.6) is 17.2 Å². The summed E-state index contributed by atoms with van der Waals surface area (Å²) in [5.41, 5.74) is 1.68. The van der Waals surface area contributed by atoms with Crippen molar-refractivity contribution in [2.24, 2.45) is 0 Å². The largest absolute Gasteiger partial charge is 0.492 e. The number of ether oxygens (including phenoxy) is 3. The van der Waals surface area contributed by atoms with Crippen LogP contribution in [0.2, 0.25) is 5.02 Å². The molecule has 0 saturated carbocycles. The predicted octanol–water partition coefficient (Wildman–Crippen LogP) is 3.96. The molecule has 2 heterocycles. The lowest BCUT2D eigenvalue weighted by atomic mass is 10.2. The van der Waals surface area contributed by atoms with Gasteiger partial charge >= 0.3 is 0 Å². The highest BCUT2D eigenvalue weighted by atomic mass is 35.5. The molecule has 158 valence electrons. The normalized spacial score (nSPS) is 16.2. The van der Waals surface area contributed by atoms with Crippen molar-refractivity contribution < 1.29 is 14.2 Å². The molecule has 1 saturated heterocycles. The Labute approximate surface area is 182 Å². The molecule has 0 unspecified atom stereocenters. The van der Waals surface area contributed by atoms with Gasteiger partial charge in [0.25, 0.3) is 0 Å². The molecule has 0 aromatic heterocycles. The maximum Gasteiger partial charge on any atom is 0.184 e. The zero-order chi connectivity index (χ0) is 20.8. The predicted molar refractivity (Wildman–Crippen MR) is 117 cm³/mol. The van der Waals surface area contributed by atoms with Crippen molar-refractivity contribution in [2.45, 2.75) is 12.8 Å². The number of benzene rings is 2. The number of rotatable bonds is 7. The fourth-order valence-electron chi connectivity index (χ4n) is 3.83. The number of hydrogen-bond acceptors (Lipinski definition) is 6. The number of hydrogen-bond donors (Lipinski definition) is 0. The van der Waals surface area contributed by atoms with Crippen molar-refractivity contribution >= 4 is 17.3 Å². The monoisotopic (exact) mass is 427 g/mol. The summed E-state index contributed by atoms with van der Waals surface area (Å²) in [6.45, 7) is 6.95. The van der Waals surface area contributed by atoms with Gasteiger partial charge in [-0.2, -0.15) is 5.26 Å². The van der Waals surface area contributed by atoms with E-state index in [1.165, 1.54) is 0 Å². The van der Waals surface area contributed by atoms with Crippen LogP contribution in [-0.2, 0) is 0 Å². The average molecular weight is 428 g/mol. The second kappa shape index (κ2) is 9.92. The Hall–Kier alpha value is -2.62. The molecule has 7 heteroatoms. The zero-order valence-electron chi connectivity index (χ0n) is 17.0. The van der Waals surface area contributed by atoms with Gasteiger partial charge in [0.15, 0.2) is 11.5 Å². The third kappa shape index (κ3) is 4.92. The van der Waals surface area contributed by atoms with Crippen molar-refractivity contribution in [3.05, 3.63) is 47.0 Å². The minimum atomic E-state index is 0.489. The first-order chi connectivity index (χ1) is 14.7. The maximum absolute atomic E-state index is 8.89. The van der Waals surface area contributed by atoms with Crippen LogP contribution in [0.15, 0.2) is 36.4 Å². The van der Waals surface area contributed by atoms with E-state index in [1.54, 1.807) is 18.2 Å². The SMILES string of the molecule is N#Cc1ccc(OCCCCN2CCN(c3cccc4c3OCCO4)CC2)c(Cl)c1. The molecular formula is C23H26ClN3O3. The highest BCUT2D eigenvalue weighted by molar-refractivity contribution is 6.32. The summed E-state index contributed by atoms with van der Waals surface area (Å²) in [5.74, 6) is 2.38. The summed E-state index contributed by atoms with van der Waals surface area (Å²) in [7, 11) is 0. The number of unbranched alkanes of at least 4 members (excludes halogenated alkanes) is 1. The van der Waals surface area contributed by atoms with Crippen molar-refractivity contribution in [2.75, 3.05) is 57.4 Å². The molecule has 0 amide bonds. The number of halogens is 1. The fourth-order valence-corrected chi connectivity index (χ4v) is 4.06. The number of piperazine rings is 1. The van der Waals surface area contributed by atoms with Gasteiger partial charge in [0.05, 0.1) is 28.9 Å². The van der Waals surface area contributed by atoms with Crippen molar-refractivity contribution in [1.29, 1.82) is 5.26 Å². The summed E-state index contributed by atoms with van der Waals surface area (Å²) >= 11 is 6.15. The van der Waals surface area contributed by atoms with E-state index in [-0.39, 0.29) is 0 Å². The molecule has 6 nitrogen and oxygen atoms in total. The van der Waals surface area contributed by atoms with E-state index in [1.807, 2.05) is 12.1 Å². The van der Waals surface area contributed by atoms with E-state index in [4.69, 9.17) is 31.1 Å². The molecule has 0 N–H and O–H groups in total. The lowest BCUT2D eigenvalue weighted by molar-refractivity contribution is 0.171. The van der Waals surface area contributed by atoms with E-state index in [9.17, 15) is 0 Å². The summed E-state index contributed by atoms with van der Waals surface area (Å²) in [5, 5.41) is 9.38. The second-order valence-corrected chi connectivity index (χ2v) is 7.85. The fraction of sp³-hybridized carbons (Fsp3) is 0.435. The Kier molecular flexibility index (Phi) is 6.83. The number of fused-ring (bicyclic) bond motifs is 1. The third-order valence-electron chi connectivity index (χ3n) is 5.45. The number of anilines is 1. The van der Waals surface area contributed by atoms with E-state index in [0.29, 0.717) is 36.2 Å². The van der Waals surface area contributed by atoms with Crippen molar-refractivity contribution in [3.8, 4) is 23.3 Å². The van der Waals surface area contributed by atoms with Crippen LogP contribution in [-0.4, -0.2) is 57.4 Å². The lowest BCUT2D eigenvalue weighted by Crippen LogP contribution is -2.46. The Balaban J connectivity index is 1.18. The number of nitrogens with zero attached hydrogens (tertiary/aromatic N) is 3. The van der Waals surface area contributed by atoms with Gasteiger partial charge < -0.3 is 19.1 Å². The Morgan fingerprint density at radius 1 is 1.03 bits per heavy atom. The molecule has 2 aliphatic rings. The number of para-hydroxylation sites is 1. The molecule has 2 aliphatic heterocycles. The second-order valence-electron chi connectivity index (χ2n) is 7.44. The van der Waals surface area contributed by atoms with Crippen molar-refractivity contribution in [3.63, 3.8) is 0 Å². The molecule has 0 radical (unpaired) electrons. The van der Waals surface area contributed by atoms with E-state index in [2.05, 4.69) is 21.9 Å². The third-order valence-corrected chi connectivity index (χ3v) is 5.74. The van der Waals surface area contributed by atoms with Crippen LogP contribution in [0.4, 0.5) is 5.69 Å². The van der Waals surface area contributed by atoms with E-state index >= 15 is 0 Å². The standard InChI is InChI=1S/C23H26ClN3O3/c24-19-16-18(17-25)6-7-21(19)28-13-2-1-8-26-9-11-27(12-10-26)20-4-3-5-22-23(20)30-15-14-29-22/h3-7,16H,1-2,8-15H2. The van der Waals surface area contributed by atoms with E-state index in [0.717, 1.165) is 62.8 Å². The summed E-state index contributed by atoms with van der Waals surface area (Å²) in [4.78, 5) is 4.89. The van der Waals surface area contributed by atoms with Crippen LogP contribution in [0.1, 0.15) is 18.4 Å². The van der Waals surface area contributed by atoms with Gasteiger partial charge in [0.1, 0.15) is 19.0 Å².